The van der Waals surface area contributed by atoms with Crippen LogP contribution in [0, 0.1) is 20.8 Å². The molecule has 0 aliphatic rings. The normalized spacial score (nSPS) is 10.9. The third-order valence-corrected chi connectivity index (χ3v) is 4.22. The monoisotopic (exact) mass is 313 g/mol. The van der Waals surface area contributed by atoms with Gasteiger partial charge in [0.1, 0.15) is 11.3 Å². The van der Waals surface area contributed by atoms with E-state index in [0.717, 1.165) is 22.3 Å². The number of halogens is 1. The molecule has 0 bridgehead atoms. The van der Waals surface area contributed by atoms with Gasteiger partial charge in [0.25, 0.3) is 5.91 Å². The van der Waals surface area contributed by atoms with Crippen LogP contribution in [0.25, 0.3) is 11.0 Å². The second-order valence-corrected chi connectivity index (χ2v) is 5.76. The number of fused-ring (bicyclic) bond motifs is 1. The van der Waals surface area contributed by atoms with Crippen LogP contribution in [0.3, 0.4) is 0 Å². The Morgan fingerprint density at radius 1 is 1.09 bits per heavy atom. The van der Waals surface area contributed by atoms with Crippen molar-refractivity contribution < 1.29 is 9.21 Å². The highest BCUT2D eigenvalue weighted by Crippen LogP contribution is 2.30. The molecule has 22 heavy (non-hydrogen) atoms. The number of furan rings is 1. The van der Waals surface area contributed by atoms with Crippen LogP contribution >= 0.6 is 11.6 Å². The number of benzene rings is 2. The van der Waals surface area contributed by atoms with E-state index in [9.17, 15) is 4.79 Å². The van der Waals surface area contributed by atoms with E-state index in [4.69, 9.17) is 16.0 Å². The first-order valence-electron chi connectivity index (χ1n) is 7.04. The maximum Gasteiger partial charge on any atom is 0.259 e. The predicted molar refractivity (Wildman–Crippen MR) is 89.8 cm³/mol. The van der Waals surface area contributed by atoms with Crippen LogP contribution in [-0.2, 0) is 0 Å². The molecular formula is C18H16ClNO2. The van der Waals surface area contributed by atoms with Gasteiger partial charge in [-0.2, -0.15) is 0 Å². The first-order chi connectivity index (χ1) is 10.5. The lowest BCUT2D eigenvalue weighted by Gasteiger charge is -2.10. The van der Waals surface area contributed by atoms with Crippen LogP contribution in [-0.4, -0.2) is 5.91 Å². The molecule has 112 valence electrons. The van der Waals surface area contributed by atoms with Crippen molar-refractivity contribution in [2.24, 2.45) is 0 Å². The molecule has 2 aromatic carbocycles. The molecule has 1 amide bonds. The summed E-state index contributed by atoms with van der Waals surface area (Å²) in [5.41, 5.74) is 3.72. The summed E-state index contributed by atoms with van der Waals surface area (Å²) >= 11 is 6.17. The smallest absolute Gasteiger partial charge is 0.259 e. The van der Waals surface area contributed by atoms with Crippen molar-refractivity contribution in [1.82, 2.24) is 0 Å². The zero-order chi connectivity index (χ0) is 15.9. The summed E-state index contributed by atoms with van der Waals surface area (Å²) in [6.07, 6.45) is 0. The quantitative estimate of drug-likeness (QED) is 0.701. The molecule has 0 spiro atoms. The molecule has 0 atom stereocenters. The van der Waals surface area contributed by atoms with Gasteiger partial charge in [-0.25, -0.2) is 0 Å². The summed E-state index contributed by atoms with van der Waals surface area (Å²) in [5.74, 6) is 0.597. The van der Waals surface area contributed by atoms with Crippen molar-refractivity contribution in [3.05, 3.63) is 63.9 Å². The minimum atomic E-state index is -0.226. The standard InChI is InChI=1S/C18H16ClNO2/c1-10-6-4-9-15(19)16(10)20-18(21)14-8-5-7-13-11(2)12(3)22-17(13)14/h4-9H,1-3H3,(H,20,21). The molecule has 4 heteroatoms. The average Bonchev–Trinajstić information content (AvgIpc) is 2.78. The Kier molecular flexibility index (Phi) is 3.67. The van der Waals surface area contributed by atoms with Crippen molar-refractivity contribution >= 4 is 34.2 Å². The van der Waals surface area contributed by atoms with Crippen molar-refractivity contribution in [3.63, 3.8) is 0 Å². The number of anilines is 1. The van der Waals surface area contributed by atoms with Gasteiger partial charge in [0.15, 0.2) is 0 Å². The number of nitrogens with one attached hydrogen (secondary N) is 1. The molecule has 3 aromatic rings. The second-order valence-electron chi connectivity index (χ2n) is 5.35. The van der Waals surface area contributed by atoms with Crippen LogP contribution in [0.1, 0.15) is 27.2 Å². The Hall–Kier alpha value is -2.26. The first kappa shape index (κ1) is 14.7. The summed E-state index contributed by atoms with van der Waals surface area (Å²) < 4.78 is 5.76. The number of amides is 1. The lowest BCUT2D eigenvalue weighted by molar-refractivity contribution is 0.102. The number of hydrogen-bond donors (Lipinski definition) is 1. The molecule has 0 saturated carbocycles. The molecule has 1 aromatic heterocycles. The Balaban J connectivity index is 2.05. The van der Waals surface area contributed by atoms with E-state index in [1.165, 1.54) is 0 Å². The highest BCUT2D eigenvalue weighted by Gasteiger charge is 2.17. The highest BCUT2D eigenvalue weighted by molar-refractivity contribution is 6.34. The van der Waals surface area contributed by atoms with E-state index in [1.807, 2.05) is 45.0 Å². The van der Waals surface area contributed by atoms with E-state index < -0.39 is 0 Å². The average molecular weight is 314 g/mol. The summed E-state index contributed by atoms with van der Waals surface area (Å²) in [6.45, 7) is 5.79. The van der Waals surface area contributed by atoms with E-state index in [2.05, 4.69) is 5.32 Å². The van der Waals surface area contributed by atoms with Gasteiger partial charge < -0.3 is 9.73 Å². The second kappa shape index (κ2) is 5.50. The Morgan fingerprint density at radius 3 is 2.55 bits per heavy atom. The number of rotatable bonds is 2. The molecule has 3 nitrogen and oxygen atoms in total. The molecule has 0 aliphatic carbocycles. The lowest BCUT2D eigenvalue weighted by Crippen LogP contribution is -2.13. The SMILES string of the molecule is Cc1cccc(Cl)c1NC(=O)c1cccc2c(C)c(C)oc12. The Labute approximate surface area is 133 Å². The van der Waals surface area contributed by atoms with Gasteiger partial charge in [0.05, 0.1) is 16.3 Å². The van der Waals surface area contributed by atoms with Crippen molar-refractivity contribution in [2.75, 3.05) is 5.32 Å². The van der Waals surface area contributed by atoms with Gasteiger partial charge in [0, 0.05) is 5.39 Å². The van der Waals surface area contributed by atoms with Crippen LogP contribution in [0.5, 0.6) is 0 Å². The summed E-state index contributed by atoms with van der Waals surface area (Å²) in [7, 11) is 0. The molecule has 1 heterocycles. The summed E-state index contributed by atoms with van der Waals surface area (Å²) in [5, 5.41) is 4.36. The minimum absolute atomic E-state index is 0.226. The topological polar surface area (TPSA) is 42.2 Å². The van der Waals surface area contributed by atoms with Crippen LogP contribution in [0.4, 0.5) is 5.69 Å². The van der Waals surface area contributed by atoms with Gasteiger partial charge >= 0.3 is 0 Å². The number of aryl methyl sites for hydroxylation is 3. The molecule has 0 radical (unpaired) electrons. The molecule has 0 saturated heterocycles. The van der Waals surface area contributed by atoms with Gasteiger partial charge in [-0.05, 0) is 44.0 Å². The van der Waals surface area contributed by atoms with E-state index in [-0.39, 0.29) is 5.91 Å². The maximum atomic E-state index is 12.6. The van der Waals surface area contributed by atoms with Gasteiger partial charge in [0.2, 0.25) is 0 Å². The number of hydrogen-bond acceptors (Lipinski definition) is 2. The minimum Gasteiger partial charge on any atom is -0.460 e. The Morgan fingerprint density at radius 2 is 1.82 bits per heavy atom. The summed E-state index contributed by atoms with van der Waals surface area (Å²) in [4.78, 5) is 12.6. The third-order valence-electron chi connectivity index (χ3n) is 3.91. The van der Waals surface area contributed by atoms with Gasteiger partial charge in [-0.15, -0.1) is 0 Å². The third kappa shape index (κ3) is 2.38. The van der Waals surface area contributed by atoms with Crippen LogP contribution in [0.15, 0.2) is 40.8 Å². The van der Waals surface area contributed by atoms with Crippen molar-refractivity contribution in [3.8, 4) is 0 Å². The highest BCUT2D eigenvalue weighted by atomic mass is 35.5. The fourth-order valence-electron chi connectivity index (χ4n) is 2.51. The predicted octanol–water partition coefficient (Wildman–Crippen LogP) is 5.26. The largest absolute Gasteiger partial charge is 0.460 e. The number of carbonyl (C=O) groups is 1. The molecule has 3 rings (SSSR count). The zero-order valence-electron chi connectivity index (χ0n) is 12.7. The first-order valence-corrected chi connectivity index (χ1v) is 7.42. The molecule has 0 aliphatic heterocycles. The maximum absolute atomic E-state index is 12.6. The zero-order valence-corrected chi connectivity index (χ0v) is 13.4. The molecular weight excluding hydrogens is 298 g/mol. The fourth-order valence-corrected chi connectivity index (χ4v) is 2.78. The van der Waals surface area contributed by atoms with Crippen molar-refractivity contribution in [1.29, 1.82) is 0 Å². The van der Waals surface area contributed by atoms with Crippen LogP contribution < -0.4 is 5.32 Å². The molecule has 0 unspecified atom stereocenters. The number of para-hydroxylation sites is 2. The lowest BCUT2D eigenvalue weighted by atomic mass is 10.1. The van der Waals surface area contributed by atoms with Gasteiger partial charge in [-0.3, -0.25) is 4.79 Å². The van der Waals surface area contributed by atoms with E-state index in [1.54, 1.807) is 12.1 Å². The summed E-state index contributed by atoms with van der Waals surface area (Å²) in [6, 6.07) is 11.1. The molecule has 0 fully saturated rings. The Bertz CT molecular complexity index is 860. The van der Waals surface area contributed by atoms with Crippen molar-refractivity contribution in [2.45, 2.75) is 20.8 Å². The van der Waals surface area contributed by atoms with E-state index >= 15 is 0 Å². The van der Waals surface area contributed by atoms with E-state index in [0.29, 0.717) is 21.9 Å². The number of carbonyl (C=O) groups excluding carboxylic acids is 1. The van der Waals surface area contributed by atoms with Crippen LogP contribution in [0.2, 0.25) is 5.02 Å². The van der Waals surface area contributed by atoms with Gasteiger partial charge in [-0.1, -0.05) is 35.9 Å². The molecule has 1 N–H and O–H groups in total. The fraction of sp³-hybridized carbons (Fsp3) is 0.167.